The fourth-order valence-electron chi connectivity index (χ4n) is 3.89. The largest absolute Gasteiger partial charge is 0.369 e. The van der Waals surface area contributed by atoms with E-state index in [0.29, 0.717) is 43.3 Å². The van der Waals surface area contributed by atoms with E-state index < -0.39 is 6.04 Å². The third kappa shape index (κ3) is 9.85. The molecule has 0 spiro atoms. The zero-order valence-corrected chi connectivity index (χ0v) is 25.5. The fourth-order valence-corrected chi connectivity index (χ4v) is 3.89. The van der Waals surface area contributed by atoms with Gasteiger partial charge in [-0.2, -0.15) is 4.98 Å². The second kappa shape index (κ2) is 16.1. The summed E-state index contributed by atoms with van der Waals surface area (Å²) < 4.78 is 0. The Morgan fingerprint density at radius 1 is 1.10 bits per heavy atom. The first-order valence-corrected chi connectivity index (χ1v) is 14.3. The minimum Gasteiger partial charge on any atom is -0.369 e. The van der Waals surface area contributed by atoms with Gasteiger partial charge < -0.3 is 25.8 Å². The van der Waals surface area contributed by atoms with Gasteiger partial charge in [-0.25, -0.2) is 4.98 Å². The molecule has 10 nitrogen and oxygen atoms in total. The average molecular weight is 571 g/mol. The van der Waals surface area contributed by atoms with E-state index in [9.17, 15) is 9.59 Å². The van der Waals surface area contributed by atoms with Crippen molar-refractivity contribution in [3.63, 3.8) is 0 Å². The predicted octanol–water partition coefficient (Wildman–Crippen LogP) is 4.11. The number of hydrogen-bond acceptors (Lipinski definition) is 8. The molecule has 0 aliphatic carbocycles. The summed E-state index contributed by atoms with van der Waals surface area (Å²) in [6, 6.07) is 9.44. The number of unbranched alkanes of at least 4 members (excludes halogenated alkanes) is 1. The normalized spacial score (nSPS) is 11.7. The van der Waals surface area contributed by atoms with Gasteiger partial charge in [0.1, 0.15) is 11.9 Å². The smallest absolute Gasteiger partial charge is 0.246 e. The summed E-state index contributed by atoms with van der Waals surface area (Å²) in [5.41, 5.74) is 3.51. The van der Waals surface area contributed by atoms with E-state index >= 15 is 0 Å². The molecule has 42 heavy (non-hydrogen) atoms. The Bertz CT molecular complexity index is 1460. The molecular weight excluding hydrogens is 528 g/mol. The third-order valence-corrected chi connectivity index (χ3v) is 6.46. The van der Waals surface area contributed by atoms with Gasteiger partial charge in [-0.1, -0.05) is 30.9 Å². The Morgan fingerprint density at radius 2 is 1.90 bits per heavy atom. The quantitative estimate of drug-likeness (QED) is 0.160. The molecule has 0 saturated carbocycles. The predicted molar refractivity (Wildman–Crippen MR) is 170 cm³/mol. The highest BCUT2D eigenvalue weighted by Gasteiger charge is 2.20. The molecule has 0 radical (unpaired) electrons. The van der Waals surface area contributed by atoms with Crippen LogP contribution in [0, 0.1) is 18.8 Å². The molecule has 2 aromatic heterocycles. The first kappa shape index (κ1) is 32.0. The van der Waals surface area contributed by atoms with Crippen molar-refractivity contribution in [1.82, 2.24) is 30.1 Å². The van der Waals surface area contributed by atoms with Gasteiger partial charge in [-0.15, -0.1) is 0 Å². The van der Waals surface area contributed by atoms with E-state index in [2.05, 4.69) is 49.7 Å². The van der Waals surface area contributed by atoms with Crippen LogP contribution in [0.1, 0.15) is 44.4 Å². The van der Waals surface area contributed by atoms with Crippen molar-refractivity contribution < 1.29 is 9.59 Å². The number of aromatic nitrogens is 3. The lowest BCUT2D eigenvalue weighted by molar-refractivity contribution is -0.135. The van der Waals surface area contributed by atoms with Crippen LogP contribution < -0.4 is 16.0 Å². The van der Waals surface area contributed by atoms with Gasteiger partial charge in [0.2, 0.25) is 17.8 Å². The highest BCUT2D eigenvalue weighted by atomic mass is 16.2. The monoisotopic (exact) mass is 570 g/mol. The Kier molecular flexibility index (Phi) is 12.3. The molecule has 2 heterocycles. The van der Waals surface area contributed by atoms with Crippen molar-refractivity contribution in [2.24, 2.45) is 0 Å². The molecule has 3 N–H and O–H groups in total. The number of pyridine rings is 1. The molecule has 3 rings (SSSR count). The van der Waals surface area contributed by atoms with Crippen LogP contribution in [-0.4, -0.2) is 83.4 Å². The number of carbonyl (C=O) groups excluding carboxylic acids is 2. The van der Waals surface area contributed by atoms with Crippen molar-refractivity contribution in [3.8, 4) is 11.8 Å². The lowest BCUT2D eigenvalue weighted by Crippen LogP contribution is -2.45. The maximum Gasteiger partial charge on any atom is 0.246 e. The van der Waals surface area contributed by atoms with Gasteiger partial charge in [0.05, 0.1) is 17.3 Å². The van der Waals surface area contributed by atoms with Crippen LogP contribution in [0.25, 0.3) is 10.9 Å². The van der Waals surface area contributed by atoms with E-state index in [0.717, 1.165) is 35.2 Å². The number of benzene rings is 1. The topological polar surface area (TPSA) is 115 Å². The lowest BCUT2D eigenvalue weighted by Gasteiger charge is -2.23. The molecule has 3 aromatic rings. The van der Waals surface area contributed by atoms with E-state index in [-0.39, 0.29) is 11.8 Å². The number of likely N-dealkylation sites (N-methyl/N-ethyl adjacent to an activating group) is 2. The molecule has 2 amide bonds. The summed E-state index contributed by atoms with van der Waals surface area (Å²) >= 11 is 0. The number of carbonyl (C=O) groups is 2. The van der Waals surface area contributed by atoms with E-state index in [4.69, 9.17) is 0 Å². The average Bonchev–Trinajstić information content (AvgIpc) is 2.97. The van der Waals surface area contributed by atoms with E-state index in [1.54, 1.807) is 26.2 Å². The van der Waals surface area contributed by atoms with Crippen molar-refractivity contribution in [3.05, 3.63) is 59.9 Å². The molecule has 0 unspecified atom stereocenters. The van der Waals surface area contributed by atoms with Gasteiger partial charge in [-0.05, 0) is 65.0 Å². The first-order valence-electron chi connectivity index (χ1n) is 14.3. The molecular formula is C32H42N8O2. The molecule has 0 aliphatic heterocycles. The second-order valence-electron chi connectivity index (χ2n) is 10.4. The highest BCUT2D eigenvalue weighted by molar-refractivity contribution is 5.92. The van der Waals surface area contributed by atoms with Crippen molar-refractivity contribution in [2.75, 3.05) is 51.4 Å². The molecule has 222 valence electrons. The third-order valence-electron chi connectivity index (χ3n) is 6.46. The lowest BCUT2D eigenvalue weighted by atomic mass is 10.2. The van der Waals surface area contributed by atoms with Crippen LogP contribution in [-0.2, 0) is 9.59 Å². The summed E-state index contributed by atoms with van der Waals surface area (Å²) in [6.07, 6.45) is 7.22. The number of fused-ring (bicyclic) bond motifs is 1. The van der Waals surface area contributed by atoms with Crippen molar-refractivity contribution in [1.29, 1.82) is 0 Å². The van der Waals surface area contributed by atoms with Gasteiger partial charge in [0.25, 0.3) is 0 Å². The van der Waals surface area contributed by atoms with Gasteiger partial charge >= 0.3 is 0 Å². The Balaban J connectivity index is 1.53. The van der Waals surface area contributed by atoms with E-state index in [1.165, 1.54) is 11.0 Å². The number of nitrogens with zero attached hydrogens (tertiary/aromatic N) is 5. The van der Waals surface area contributed by atoms with Crippen LogP contribution in [0.2, 0.25) is 0 Å². The summed E-state index contributed by atoms with van der Waals surface area (Å²) in [5.74, 6) is 7.08. The number of amides is 2. The Hall–Kier alpha value is -4.49. The standard InChI is InChI=1S/C32H42N8O2/c1-7-18-33-30-26(22-35-32(38-30)37-27-16-17-28-25(21-27)15-14-23(2)36-28)12-9-8-10-19-34-31(42)24(3)40(6)29(41)13-11-20-39(4)5/h11,13-17,21-22,24H,7-8,10,18-20H2,1-6H3,(H,34,42)(H2,33,35,37,38)/b13-11+/t24-/m0/s1. The van der Waals surface area contributed by atoms with Crippen LogP contribution in [0.15, 0.2) is 48.7 Å². The number of hydrogen-bond donors (Lipinski definition) is 3. The Morgan fingerprint density at radius 3 is 2.67 bits per heavy atom. The minimum absolute atomic E-state index is 0.194. The van der Waals surface area contributed by atoms with Gasteiger partial charge in [0.15, 0.2) is 0 Å². The molecule has 1 aromatic carbocycles. The van der Waals surface area contributed by atoms with Crippen LogP contribution in [0.3, 0.4) is 0 Å². The number of nitrogens with one attached hydrogen (secondary N) is 3. The summed E-state index contributed by atoms with van der Waals surface area (Å²) in [5, 5.41) is 10.6. The number of aryl methyl sites for hydroxylation is 1. The molecule has 10 heteroatoms. The van der Waals surface area contributed by atoms with Crippen LogP contribution in [0.5, 0.6) is 0 Å². The number of rotatable bonds is 13. The zero-order valence-electron chi connectivity index (χ0n) is 25.5. The van der Waals surface area contributed by atoms with Gasteiger partial charge in [0, 0.05) is 55.9 Å². The highest BCUT2D eigenvalue weighted by Crippen LogP contribution is 2.21. The summed E-state index contributed by atoms with van der Waals surface area (Å²) in [7, 11) is 5.48. The van der Waals surface area contributed by atoms with Crippen LogP contribution in [0.4, 0.5) is 17.5 Å². The van der Waals surface area contributed by atoms with Crippen LogP contribution >= 0.6 is 0 Å². The fraction of sp³-hybridized carbons (Fsp3) is 0.406. The molecule has 0 bridgehead atoms. The molecule has 0 fully saturated rings. The van der Waals surface area contributed by atoms with E-state index in [1.807, 2.05) is 56.3 Å². The first-order chi connectivity index (χ1) is 20.2. The SMILES string of the molecule is CCCNc1nc(Nc2ccc3nc(C)ccc3c2)ncc1C#CCCCNC(=O)[C@H](C)N(C)C(=O)/C=C/CN(C)C. The summed E-state index contributed by atoms with van der Waals surface area (Å²) in [6.45, 7) is 7.68. The maximum atomic E-state index is 12.5. The zero-order chi connectivity index (χ0) is 30.5. The maximum absolute atomic E-state index is 12.5. The summed E-state index contributed by atoms with van der Waals surface area (Å²) in [4.78, 5) is 41.9. The number of anilines is 3. The second-order valence-corrected chi connectivity index (χ2v) is 10.4. The molecule has 1 atom stereocenters. The van der Waals surface area contributed by atoms with Gasteiger partial charge in [-0.3, -0.25) is 14.6 Å². The minimum atomic E-state index is -0.570. The van der Waals surface area contributed by atoms with Crippen molar-refractivity contribution >= 4 is 40.2 Å². The molecule has 0 saturated heterocycles. The molecule has 0 aliphatic rings. The Labute approximate surface area is 249 Å². The van der Waals surface area contributed by atoms with Crippen molar-refractivity contribution in [2.45, 2.75) is 46.1 Å².